The van der Waals surface area contributed by atoms with E-state index in [0.717, 1.165) is 24.3 Å². The van der Waals surface area contributed by atoms with Crippen molar-refractivity contribution in [2.24, 2.45) is 0 Å². The molecule has 10 heteroatoms. The van der Waals surface area contributed by atoms with Crippen molar-refractivity contribution >= 4 is 23.5 Å². The quantitative estimate of drug-likeness (QED) is 0.654. The second-order valence-electron chi connectivity index (χ2n) is 5.36. The van der Waals surface area contributed by atoms with Gasteiger partial charge >= 0.3 is 12.1 Å². The molecule has 1 aliphatic rings. The van der Waals surface area contributed by atoms with Crippen LogP contribution in [0.5, 0.6) is 5.75 Å². The highest BCUT2D eigenvalue weighted by Gasteiger charge is 2.31. The van der Waals surface area contributed by atoms with Crippen LogP contribution in [0, 0.1) is 21.7 Å². The number of non-ortho nitro benzene ring substituents is 1. The lowest BCUT2D eigenvalue weighted by Crippen LogP contribution is -2.47. The van der Waals surface area contributed by atoms with Crippen LogP contribution >= 0.6 is 0 Å². The molecular weight excluding hydrogens is 364 g/mol. The fraction of sp³-hybridized carbons (Fsp3) is 0.0588. The first-order chi connectivity index (χ1) is 12.9. The Balaban J connectivity index is 1.87. The van der Waals surface area contributed by atoms with Crippen molar-refractivity contribution in [2.45, 2.75) is 0 Å². The molecule has 2 aromatic rings. The average Bonchev–Trinajstić information content (AvgIpc) is 2.64. The molecule has 0 spiro atoms. The van der Waals surface area contributed by atoms with Crippen LogP contribution in [0.4, 0.5) is 24.1 Å². The fourth-order valence-electron chi connectivity index (χ4n) is 2.38. The molecule has 0 saturated heterocycles. The van der Waals surface area contributed by atoms with E-state index in [4.69, 9.17) is 4.74 Å². The van der Waals surface area contributed by atoms with E-state index >= 15 is 0 Å². The Bertz CT molecular complexity index is 960. The summed E-state index contributed by atoms with van der Waals surface area (Å²) in [6, 6.07) is 6.77. The molecule has 1 N–H and O–H groups in total. The number of nitrogens with zero attached hydrogens (tertiary/aromatic N) is 2. The molecule has 0 fully saturated rings. The van der Waals surface area contributed by atoms with E-state index in [1.165, 1.54) is 24.3 Å². The number of halogens is 2. The number of rotatable bonds is 3. The summed E-state index contributed by atoms with van der Waals surface area (Å²) in [5.74, 6) is -2.24. The third-order valence-electron chi connectivity index (χ3n) is 3.64. The summed E-state index contributed by atoms with van der Waals surface area (Å²) in [5.41, 5.74) is -0.0816. The maximum atomic E-state index is 13.5. The van der Waals surface area contributed by atoms with E-state index in [-0.39, 0.29) is 29.2 Å². The third-order valence-corrected chi connectivity index (χ3v) is 3.64. The number of nitro benzene ring substituents is 1. The normalized spacial score (nSPS) is 13.6. The maximum Gasteiger partial charge on any atom is 0.428 e. The molecule has 1 heterocycles. The van der Waals surface area contributed by atoms with Crippen molar-refractivity contribution < 1.29 is 28.0 Å². The Morgan fingerprint density at radius 2 is 1.85 bits per heavy atom. The standard InChI is InChI=1S/C17H11F2N3O5/c18-13-6-1-10(9-14(13)19)15-7-8-20-16(23)21(15)17(24)27-12-4-2-11(3-5-12)22(25)26/h1-7,9H,8H2,(H,20,23). The molecule has 0 radical (unpaired) electrons. The fourth-order valence-corrected chi connectivity index (χ4v) is 2.38. The monoisotopic (exact) mass is 375 g/mol. The molecular formula is C17H11F2N3O5. The molecule has 1 aliphatic heterocycles. The Morgan fingerprint density at radius 3 is 2.48 bits per heavy atom. The second-order valence-corrected chi connectivity index (χ2v) is 5.36. The van der Waals surface area contributed by atoms with Crippen LogP contribution in [0.1, 0.15) is 5.56 Å². The molecule has 0 atom stereocenters. The van der Waals surface area contributed by atoms with E-state index in [9.17, 15) is 28.5 Å². The summed E-state index contributed by atoms with van der Waals surface area (Å²) < 4.78 is 31.7. The highest BCUT2D eigenvalue weighted by Crippen LogP contribution is 2.25. The number of hydrogen-bond donors (Lipinski definition) is 1. The second kappa shape index (κ2) is 7.20. The number of urea groups is 1. The van der Waals surface area contributed by atoms with Gasteiger partial charge in [0.25, 0.3) is 5.69 Å². The molecule has 0 saturated carbocycles. The van der Waals surface area contributed by atoms with Crippen molar-refractivity contribution in [1.29, 1.82) is 0 Å². The van der Waals surface area contributed by atoms with E-state index in [2.05, 4.69) is 5.32 Å². The van der Waals surface area contributed by atoms with Gasteiger partial charge in [0, 0.05) is 24.2 Å². The number of nitrogens with one attached hydrogen (secondary N) is 1. The minimum absolute atomic E-state index is 0.0181. The first-order valence-electron chi connectivity index (χ1n) is 7.56. The highest BCUT2D eigenvalue weighted by atomic mass is 19.2. The van der Waals surface area contributed by atoms with Gasteiger partial charge in [-0.05, 0) is 36.4 Å². The predicted octanol–water partition coefficient (Wildman–Crippen LogP) is 3.44. The summed E-state index contributed by atoms with van der Waals surface area (Å²) in [6.45, 7) is 0.0779. The van der Waals surface area contributed by atoms with Gasteiger partial charge in [0.15, 0.2) is 11.6 Å². The van der Waals surface area contributed by atoms with E-state index in [0.29, 0.717) is 4.90 Å². The topological polar surface area (TPSA) is 102 Å². The van der Waals surface area contributed by atoms with E-state index in [1.807, 2.05) is 0 Å². The minimum atomic E-state index is -1.14. The summed E-state index contributed by atoms with van der Waals surface area (Å²) >= 11 is 0. The largest absolute Gasteiger partial charge is 0.428 e. The smallest absolute Gasteiger partial charge is 0.410 e. The van der Waals surface area contributed by atoms with E-state index in [1.54, 1.807) is 0 Å². The average molecular weight is 375 g/mol. The summed E-state index contributed by atoms with van der Waals surface area (Å²) in [5, 5.41) is 13.0. The number of imide groups is 1. The van der Waals surface area contributed by atoms with Crippen LogP contribution in [0.25, 0.3) is 5.70 Å². The van der Waals surface area contributed by atoms with Crippen LogP contribution in [-0.2, 0) is 0 Å². The van der Waals surface area contributed by atoms with Gasteiger partial charge < -0.3 is 10.1 Å². The van der Waals surface area contributed by atoms with Gasteiger partial charge in [-0.15, -0.1) is 0 Å². The lowest BCUT2D eigenvalue weighted by atomic mass is 10.1. The van der Waals surface area contributed by atoms with Gasteiger partial charge in [-0.1, -0.05) is 0 Å². The Morgan fingerprint density at radius 1 is 1.15 bits per heavy atom. The molecule has 27 heavy (non-hydrogen) atoms. The number of nitro groups is 1. The SMILES string of the molecule is O=C1NCC=C(c2ccc(F)c(F)c2)N1C(=O)Oc1ccc([N+](=O)[O-])cc1. The zero-order chi connectivity index (χ0) is 19.6. The summed E-state index contributed by atoms with van der Waals surface area (Å²) in [7, 11) is 0. The molecule has 2 aromatic carbocycles. The van der Waals surface area contributed by atoms with Gasteiger partial charge in [0.1, 0.15) is 5.75 Å². The van der Waals surface area contributed by atoms with Crippen LogP contribution in [0.15, 0.2) is 48.5 Å². The van der Waals surface area contributed by atoms with Crippen LogP contribution in [0.3, 0.4) is 0 Å². The minimum Gasteiger partial charge on any atom is -0.410 e. The maximum absolute atomic E-state index is 13.5. The number of carbonyl (C=O) groups is 2. The number of hydrogen-bond acceptors (Lipinski definition) is 5. The predicted molar refractivity (Wildman–Crippen MR) is 88.7 cm³/mol. The molecule has 0 unspecified atom stereocenters. The molecule has 3 rings (SSSR count). The number of ether oxygens (including phenoxy) is 1. The van der Waals surface area contributed by atoms with Crippen molar-refractivity contribution in [3.63, 3.8) is 0 Å². The Hall–Kier alpha value is -3.82. The molecule has 0 aliphatic carbocycles. The summed E-state index contributed by atoms with van der Waals surface area (Å²) in [6.07, 6.45) is 0.322. The zero-order valence-corrected chi connectivity index (χ0v) is 13.5. The van der Waals surface area contributed by atoms with Gasteiger partial charge in [-0.25, -0.2) is 18.4 Å². The number of benzene rings is 2. The first-order valence-corrected chi connectivity index (χ1v) is 7.56. The zero-order valence-electron chi connectivity index (χ0n) is 13.5. The van der Waals surface area contributed by atoms with Gasteiger partial charge in [0.2, 0.25) is 0 Å². The third kappa shape index (κ3) is 3.73. The molecule has 0 bridgehead atoms. The molecule has 3 amide bonds. The lowest BCUT2D eigenvalue weighted by Gasteiger charge is -2.26. The molecule has 0 aromatic heterocycles. The summed E-state index contributed by atoms with van der Waals surface area (Å²) in [4.78, 5) is 35.2. The first kappa shape index (κ1) is 18.0. The highest BCUT2D eigenvalue weighted by molar-refractivity contribution is 6.02. The number of amides is 3. The van der Waals surface area contributed by atoms with Crippen LogP contribution in [-0.4, -0.2) is 28.5 Å². The Labute approximate surface area is 150 Å². The van der Waals surface area contributed by atoms with Gasteiger partial charge in [-0.2, -0.15) is 4.90 Å². The number of carbonyl (C=O) groups excluding carboxylic acids is 2. The van der Waals surface area contributed by atoms with Gasteiger partial charge in [0.05, 0.1) is 10.6 Å². The van der Waals surface area contributed by atoms with Crippen molar-refractivity contribution in [3.05, 3.63) is 75.9 Å². The van der Waals surface area contributed by atoms with Crippen LogP contribution < -0.4 is 10.1 Å². The Kier molecular flexibility index (Phi) is 4.79. The van der Waals surface area contributed by atoms with Gasteiger partial charge in [-0.3, -0.25) is 10.1 Å². The van der Waals surface area contributed by atoms with Crippen molar-refractivity contribution in [1.82, 2.24) is 10.2 Å². The van der Waals surface area contributed by atoms with Crippen molar-refractivity contribution in [2.75, 3.05) is 6.54 Å². The lowest BCUT2D eigenvalue weighted by molar-refractivity contribution is -0.384. The molecule has 8 nitrogen and oxygen atoms in total. The van der Waals surface area contributed by atoms with Crippen LogP contribution in [0.2, 0.25) is 0 Å². The van der Waals surface area contributed by atoms with E-state index < -0.39 is 28.7 Å². The van der Waals surface area contributed by atoms with Crippen molar-refractivity contribution in [3.8, 4) is 5.75 Å². The molecule has 138 valence electrons.